The number of hydrogen-bond donors (Lipinski definition) is 1. The number of nitrogens with one attached hydrogen (secondary N) is 1. The summed E-state index contributed by atoms with van der Waals surface area (Å²) < 4.78 is 32.5. The lowest BCUT2D eigenvalue weighted by Crippen LogP contribution is -2.29. The van der Waals surface area contributed by atoms with Crippen LogP contribution in [0.5, 0.6) is 0 Å². The van der Waals surface area contributed by atoms with Gasteiger partial charge in [-0.2, -0.15) is 4.31 Å². The number of carbonyl (C=O) groups is 1. The third kappa shape index (κ3) is 3.90. The van der Waals surface area contributed by atoms with Crippen LogP contribution in [0, 0.1) is 0 Å². The van der Waals surface area contributed by atoms with Crippen molar-refractivity contribution in [1.82, 2.24) is 9.29 Å². The van der Waals surface area contributed by atoms with E-state index in [0.29, 0.717) is 22.7 Å². The first kappa shape index (κ1) is 20.4. The highest BCUT2D eigenvalue weighted by Crippen LogP contribution is 2.30. The zero-order valence-electron chi connectivity index (χ0n) is 17.4. The maximum atomic E-state index is 12.7. The first-order chi connectivity index (χ1) is 15.4. The lowest BCUT2D eigenvalue weighted by Gasteiger charge is -2.16. The average molecular weight is 448 g/mol. The van der Waals surface area contributed by atoms with E-state index in [-0.39, 0.29) is 16.8 Å². The smallest absolute Gasteiger partial charge is 0.255 e. The first-order valence-electron chi connectivity index (χ1n) is 10.3. The molecule has 1 aliphatic rings. The van der Waals surface area contributed by atoms with Crippen LogP contribution >= 0.6 is 0 Å². The molecule has 0 atom stereocenters. The van der Waals surface area contributed by atoms with E-state index in [0.717, 1.165) is 23.9 Å². The number of fused-ring (bicyclic) bond motifs is 1. The van der Waals surface area contributed by atoms with E-state index < -0.39 is 10.0 Å². The second kappa shape index (κ2) is 7.89. The highest BCUT2D eigenvalue weighted by molar-refractivity contribution is 7.89. The van der Waals surface area contributed by atoms with Crippen molar-refractivity contribution in [2.45, 2.75) is 23.8 Å². The Morgan fingerprint density at radius 2 is 1.78 bits per heavy atom. The van der Waals surface area contributed by atoms with Crippen LogP contribution in [0.15, 0.2) is 82.1 Å². The van der Waals surface area contributed by atoms with Gasteiger partial charge in [0, 0.05) is 29.9 Å². The number of amides is 1. The van der Waals surface area contributed by atoms with Crippen LogP contribution in [0.2, 0.25) is 0 Å². The van der Waals surface area contributed by atoms with Gasteiger partial charge in [0.1, 0.15) is 5.52 Å². The quantitative estimate of drug-likeness (QED) is 0.469. The molecule has 1 amide bonds. The van der Waals surface area contributed by atoms with Gasteiger partial charge in [-0.05, 0) is 67.4 Å². The minimum absolute atomic E-state index is 0.0801. The summed E-state index contributed by atoms with van der Waals surface area (Å²) in [6.45, 7) is 0. The molecule has 0 bridgehead atoms. The lowest BCUT2D eigenvalue weighted by molar-refractivity contribution is 0.102. The molecule has 0 spiro atoms. The van der Waals surface area contributed by atoms with E-state index in [4.69, 9.17) is 4.42 Å². The number of aromatic nitrogens is 1. The van der Waals surface area contributed by atoms with Gasteiger partial charge in [-0.25, -0.2) is 13.4 Å². The third-order valence-corrected chi connectivity index (χ3v) is 7.44. The standard InChI is InChI=1S/C24H21N3O4S/c1-27(19-11-12-19)32(29,30)20-13-9-16(10-14-20)23(28)25-18-6-4-5-17(15-18)24-26-21-7-2-3-8-22(21)31-24/h2-10,13-15,19H,11-12H2,1H3,(H,25,28). The lowest BCUT2D eigenvalue weighted by atomic mass is 10.1. The molecule has 0 aliphatic heterocycles. The normalized spacial score (nSPS) is 14.1. The van der Waals surface area contributed by atoms with Gasteiger partial charge in [0.15, 0.2) is 5.58 Å². The molecule has 1 N–H and O–H groups in total. The number of benzene rings is 3. The van der Waals surface area contributed by atoms with Gasteiger partial charge < -0.3 is 9.73 Å². The molecule has 0 unspecified atom stereocenters. The molecule has 0 saturated heterocycles. The van der Waals surface area contributed by atoms with Crippen molar-refractivity contribution in [2.24, 2.45) is 0 Å². The Bertz CT molecular complexity index is 1370. The fraction of sp³-hybridized carbons (Fsp3) is 0.167. The zero-order valence-corrected chi connectivity index (χ0v) is 18.2. The molecule has 7 nitrogen and oxygen atoms in total. The molecule has 1 aromatic heterocycles. The van der Waals surface area contributed by atoms with Crippen LogP contribution in [0.1, 0.15) is 23.2 Å². The number of carbonyl (C=O) groups excluding carboxylic acids is 1. The van der Waals surface area contributed by atoms with E-state index in [1.54, 1.807) is 19.2 Å². The van der Waals surface area contributed by atoms with Crippen LogP contribution in [-0.2, 0) is 10.0 Å². The Labute approximate surface area is 185 Å². The monoisotopic (exact) mass is 447 g/mol. The van der Waals surface area contributed by atoms with Gasteiger partial charge in [0.25, 0.3) is 5.91 Å². The van der Waals surface area contributed by atoms with Crippen molar-refractivity contribution >= 4 is 32.7 Å². The molecule has 4 aromatic rings. The zero-order chi connectivity index (χ0) is 22.3. The second-order valence-corrected chi connectivity index (χ2v) is 9.80. The fourth-order valence-electron chi connectivity index (χ4n) is 3.51. The first-order valence-corrected chi connectivity index (χ1v) is 11.7. The number of rotatable bonds is 6. The number of nitrogens with zero attached hydrogens (tertiary/aromatic N) is 2. The van der Waals surface area contributed by atoms with Gasteiger partial charge in [-0.1, -0.05) is 18.2 Å². The number of para-hydroxylation sites is 2. The van der Waals surface area contributed by atoms with Crippen molar-refractivity contribution < 1.29 is 17.6 Å². The number of sulfonamides is 1. The van der Waals surface area contributed by atoms with Crippen LogP contribution in [-0.4, -0.2) is 36.7 Å². The molecule has 8 heteroatoms. The molecule has 1 heterocycles. The summed E-state index contributed by atoms with van der Waals surface area (Å²) in [7, 11) is -1.95. The van der Waals surface area contributed by atoms with Gasteiger partial charge in [-0.15, -0.1) is 0 Å². The summed E-state index contributed by atoms with van der Waals surface area (Å²) in [4.78, 5) is 17.4. The van der Waals surface area contributed by atoms with Crippen LogP contribution in [0.3, 0.4) is 0 Å². The Balaban J connectivity index is 1.33. The highest BCUT2D eigenvalue weighted by Gasteiger charge is 2.35. The minimum Gasteiger partial charge on any atom is -0.436 e. The maximum absolute atomic E-state index is 12.7. The van der Waals surface area contributed by atoms with Gasteiger partial charge in [0.2, 0.25) is 15.9 Å². The maximum Gasteiger partial charge on any atom is 0.255 e. The number of anilines is 1. The van der Waals surface area contributed by atoms with Crippen molar-refractivity contribution in [3.63, 3.8) is 0 Å². The van der Waals surface area contributed by atoms with Crippen molar-refractivity contribution in [2.75, 3.05) is 12.4 Å². The predicted octanol–water partition coefficient (Wildman–Crippen LogP) is 4.53. The molecule has 32 heavy (non-hydrogen) atoms. The molecule has 3 aromatic carbocycles. The molecule has 1 aliphatic carbocycles. The van der Waals surface area contributed by atoms with Crippen LogP contribution in [0.4, 0.5) is 5.69 Å². The van der Waals surface area contributed by atoms with E-state index in [1.165, 1.54) is 28.6 Å². The topological polar surface area (TPSA) is 92.5 Å². The van der Waals surface area contributed by atoms with E-state index in [1.807, 2.05) is 36.4 Å². The van der Waals surface area contributed by atoms with Gasteiger partial charge >= 0.3 is 0 Å². The van der Waals surface area contributed by atoms with Crippen molar-refractivity contribution in [3.05, 3.63) is 78.4 Å². The molecule has 1 saturated carbocycles. The Morgan fingerprint density at radius 3 is 2.50 bits per heavy atom. The van der Waals surface area contributed by atoms with Crippen molar-refractivity contribution in [1.29, 1.82) is 0 Å². The second-order valence-electron chi connectivity index (χ2n) is 7.80. The van der Waals surface area contributed by atoms with E-state index in [9.17, 15) is 13.2 Å². The summed E-state index contributed by atoms with van der Waals surface area (Å²) in [6.07, 6.45) is 1.78. The summed E-state index contributed by atoms with van der Waals surface area (Å²) in [5.74, 6) is 0.135. The highest BCUT2D eigenvalue weighted by atomic mass is 32.2. The Kier molecular flexibility index (Phi) is 5.03. The average Bonchev–Trinajstić information content (AvgIpc) is 3.56. The summed E-state index contributed by atoms with van der Waals surface area (Å²) >= 11 is 0. The molecular formula is C24H21N3O4S. The van der Waals surface area contributed by atoms with Crippen LogP contribution < -0.4 is 5.32 Å². The number of hydrogen-bond acceptors (Lipinski definition) is 5. The van der Waals surface area contributed by atoms with E-state index >= 15 is 0 Å². The SMILES string of the molecule is CN(C1CC1)S(=O)(=O)c1ccc(C(=O)Nc2cccc(-c3nc4ccccc4o3)c2)cc1. The summed E-state index contributed by atoms with van der Waals surface area (Å²) in [5, 5.41) is 2.84. The predicted molar refractivity (Wildman–Crippen MR) is 122 cm³/mol. The third-order valence-electron chi connectivity index (χ3n) is 5.52. The molecule has 5 rings (SSSR count). The van der Waals surface area contributed by atoms with Crippen molar-refractivity contribution in [3.8, 4) is 11.5 Å². The summed E-state index contributed by atoms with van der Waals surface area (Å²) in [5.41, 5.74) is 3.15. The largest absolute Gasteiger partial charge is 0.436 e. The fourth-order valence-corrected chi connectivity index (χ4v) is 4.92. The Morgan fingerprint density at radius 1 is 1.03 bits per heavy atom. The molecule has 162 valence electrons. The van der Waals surface area contributed by atoms with Gasteiger partial charge in [-0.3, -0.25) is 4.79 Å². The van der Waals surface area contributed by atoms with Crippen LogP contribution in [0.25, 0.3) is 22.6 Å². The van der Waals surface area contributed by atoms with E-state index in [2.05, 4.69) is 10.3 Å². The Hall–Kier alpha value is -3.49. The minimum atomic E-state index is -3.54. The molecular weight excluding hydrogens is 426 g/mol. The van der Waals surface area contributed by atoms with Gasteiger partial charge in [0.05, 0.1) is 4.90 Å². The molecule has 1 fully saturated rings. The number of oxazole rings is 1. The molecule has 0 radical (unpaired) electrons. The summed E-state index contributed by atoms with van der Waals surface area (Å²) in [6, 6.07) is 20.8.